The molecule has 0 bridgehead atoms. The number of carbonyl (C=O) groups excluding carboxylic acids is 1. The summed E-state index contributed by atoms with van der Waals surface area (Å²) in [5.74, 6) is 0.722. The van der Waals surface area contributed by atoms with Crippen LogP contribution in [0.2, 0.25) is 0 Å². The average molecular weight is 306 g/mol. The second kappa shape index (κ2) is 5.48. The highest BCUT2D eigenvalue weighted by Crippen LogP contribution is 2.39. The summed E-state index contributed by atoms with van der Waals surface area (Å²) in [5, 5.41) is 6.22. The van der Waals surface area contributed by atoms with Crippen LogP contribution in [0.3, 0.4) is 0 Å². The van der Waals surface area contributed by atoms with Gasteiger partial charge in [-0.3, -0.25) is 4.79 Å². The van der Waals surface area contributed by atoms with Crippen LogP contribution in [0.5, 0.6) is 5.88 Å². The van der Waals surface area contributed by atoms with Crippen LogP contribution in [0.25, 0.3) is 0 Å². The largest absolute Gasteiger partial charge is 0.481 e. The lowest BCUT2D eigenvalue weighted by atomic mass is 10.0. The first-order valence-corrected chi connectivity index (χ1v) is 7.84. The van der Waals surface area contributed by atoms with Crippen molar-refractivity contribution in [3.05, 3.63) is 27.8 Å². The third kappa shape index (κ3) is 2.31. The van der Waals surface area contributed by atoms with Crippen molar-refractivity contribution in [2.24, 2.45) is 7.05 Å². The van der Waals surface area contributed by atoms with Gasteiger partial charge in [-0.15, -0.1) is 11.3 Å². The lowest BCUT2D eigenvalue weighted by Gasteiger charge is -2.24. The number of likely N-dealkylation sites (tertiary alicyclic amines) is 1. The lowest BCUT2D eigenvalue weighted by Crippen LogP contribution is -2.31. The van der Waals surface area contributed by atoms with Crippen LogP contribution in [0, 0.1) is 6.92 Å². The summed E-state index contributed by atoms with van der Waals surface area (Å²) >= 11 is 1.44. The third-order valence-corrected chi connectivity index (χ3v) is 4.49. The van der Waals surface area contributed by atoms with E-state index in [9.17, 15) is 4.79 Å². The van der Waals surface area contributed by atoms with E-state index in [1.807, 2.05) is 18.9 Å². The minimum absolute atomic E-state index is 0.0101. The van der Waals surface area contributed by atoms with Gasteiger partial charge in [0, 0.05) is 19.0 Å². The zero-order valence-corrected chi connectivity index (χ0v) is 13.2. The number of carbonyl (C=O) groups is 1. The predicted octanol–water partition coefficient (Wildman–Crippen LogP) is 2.17. The van der Waals surface area contributed by atoms with Crippen LogP contribution in [-0.2, 0) is 7.05 Å². The molecule has 1 aliphatic heterocycles. The van der Waals surface area contributed by atoms with Gasteiger partial charge in [-0.1, -0.05) is 0 Å². The van der Waals surface area contributed by atoms with Crippen molar-refractivity contribution in [2.45, 2.75) is 25.8 Å². The molecule has 3 heterocycles. The molecule has 0 unspecified atom stereocenters. The van der Waals surface area contributed by atoms with Gasteiger partial charge in [-0.25, -0.2) is 9.67 Å². The van der Waals surface area contributed by atoms with Crippen molar-refractivity contribution >= 4 is 17.2 Å². The molecule has 3 rings (SSSR count). The van der Waals surface area contributed by atoms with Gasteiger partial charge in [0.1, 0.15) is 5.69 Å². The minimum atomic E-state index is -0.0101. The fraction of sp³-hybridized carbons (Fsp3) is 0.500. The minimum Gasteiger partial charge on any atom is -0.481 e. The Labute approximate surface area is 127 Å². The average Bonchev–Trinajstić information content (AvgIpc) is 3.16. The van der Waals surface area contributed by atoms with E-state index in [-0.39, 0.29) is 11.9 Å². The molecule has 1 aliphatic rings. The molecule has 7 heteroatoms. The van der Waals surface area contributed by atoms with E-state index in [1.54, 1.807) is 22.7 Å². The molecular formula is C14H18N4O2S. The number of rotatable bonds is 3. The highest BCUT2D eigenvalue weighted by molar-refractivity contribution is 7.07. The Balaban J connectivity index is 1.96. The number of thiazole rings is 1. The molecule has 0 spiro atoms. The highest BCUT2D eigenvalue weighted by Gasteiger charge is 2.35. The monoisotopic (exact) mass is 306 g/mol. The molecule has 1 amide bonds. The van der Waals surface area contributed by atoms with Crippen molar-refractivity contribution in [2.75, 3.05) is 13.7 Å². The number of aryl methyl sites for hydroxylation is 2. The Hall–Kier alpha value is -1.89. The maximum absolute atomic E-state index is 12.6. The highest BCUT2D eigenvalue weighted by atomic mass is 32.1. The molecular weight excluding hydrogens is 288 g/mol. The first-order valence-electron chi connectivity index (χ1n) is 6.90. The zero-order valence-electron chi connectivity index (χ0n) is 12.4. The molecule has 2 aromatic heterocycles. The molecule has 0 aromatic carbocycles. The lowest BCUT2D eigenvalue weighted by molar-refractivity contribution is 0.0728. The predicted molar refractivity (Wildman–Crippen MR) is 79.6 cm³/mol. The van der Waals surface area contributed by atoms with E-state index in [2.05, 4.69) is 10.1 Å². The van der Waals surface area contributed by atoms with E-state index in [0.717, 1.165) is 36.5 Å². The summed E-state index contributed by atoms with van der Waals surface area (Å²) < 4.78 is 7.21. The molecule has 0 radical (unpaired) electrons. The number of nitrogens with zero attached hydrogens (tertiary/aromatic N) is 4. The number of methoxy groups -OCH3 is 1. The smallest absolute Gasteiger partial charge is 0.273 e. The summed E-state index contributed by atoms with van der Waals surface area (Å²) in [4.78, 5) is 18.6. The third-order valence-electron chi connectivity index (χ3n) is 3.91. The summed E-state index contributed by atoms with van der Waals surface area (Å²) in [7, 11) is 3.50. The second-order valence-electron chi connectivity index (χ2n) is 5.16. The molecule has 0 saturated carbocycles. The van der Waals surface area contributed by atoms with Crippen molar-refractivity contribution in [3.8, 4) is 5.88 Å². The van der Waals surface area contributed by atoms with Crippen molar-refractivity contribution in [3.63, 3.8) is 0 Å². The Morgan fingerprint density at radius 2 is 2.33 bits per heavy atom. The molecule has 2 aromatic rings. The molecule has 112 valence electrons. The number of amides is 1. The number of ether oxygens (including phenoxy) is 1. The van der Waals surface area contributed by atoms with Crippen LogP contribution < -0.4 is 4.74 Å². The van der Waals surface area contributed by atoms with Gasteiger partial charge in [0.25, 0.3) is 5.91 Å². The quantitative estimate of drug-likeness (QED) is 0.872. The molecule has 1 saturated heterocycles. The van der Waals surface area contributed by atoms with Crippen LogP contribution in [0.15, 0.2) is 10.9 Å². The Morgan fingerprint density at radius 3 is 3.00 bits per heavy atom. The summed E-state index contributed by atoms with van der Waals surface area (Å²) in [6.07, 6.45) is 1.91. The SMILES string of the molecule is COc1c([C@@H]2CCCN2C(=O)c2cscn2)c(C)nn1C. The van der Waals surface area contributed by atoms with Crippen LogP contribution in [-0.4, -0.2) is 39.2 Å². The number of hydrogen-bond donors (Lipinski definition) is 0. The molecule has 1 fully saturated rings. The van der Waals surface area contributed by atoms with E-state index >= 15 is 0 Å². The molecule has 0 aliphatic carbocycles. The molecule has 21 heavy (non-hydrogen) atoms. The maximum atomic E-state index is 12.6. The maximum Gasteiger partial charge on any atom is 0.273 e. The van der Waals surface area contributed by atoms with E-state index in [1.165, 1.54) is 11.3 Å². The van der Waals surface area contributed by atoms with Crippen molar-refractivity contribution < 1.29 is 9.53 Å². The number of aromatic nitrogens is 3. The normalized spacial score (nSPS) is 18.2. The van der Waals surface area contributed by atoms with Crippen molar-refractivity contribution in [1.29, 1.82) is 0 Å². The van der Waals surface area contributed by atoms with E-state index in [0.29, 0.717) is 5.69 Å². The summed E-state index contributed by atoms with van der Waals surface area (Å²) in [6.45, 7) is 2.71. The number of hydrogen-bond acceptors (Lipinski definition) is 5. The molecule has 0 N–H and O–H groups in total. The fourth-order valence-electron chi connectivity index (χ4n) is 3.05. The fourth-order valence-corrected chi connectivity index (χ4v) is 3.58. The first-order chi connectivity index (χ1) is 10.1. The van der Waals surface area contributed by atoms with E-state index < -0.39 is 0 Å². The van der Waals surface area contributed by atoms with E-state index in [4.69, 9.17) is 4.74 Å². The Kier molecular flexibility index (Phi) is 3.67. The summed E-state index contributed by atoms with van der Waals surface area (Å²) in [5.41, 5.74) is 4.14. The van der Waals surface area contributed by atoms with Gasteiger partial charge in [-0.05, 0) is 19.8 Å². The standard InChI is InChI=1S/C14H18N4O2S/c1-9-12(14(20-3)17(2)16-9)11-5-4-6-18(11)13(19)10-7-21-8-15-10/h7-8,11H,4-6H2,1-3H3/t11-/m0/s1. The Morgan fingerprint density at radius 1 is 1.52 bits per heavy atom. The summed E-state index contributed by atoms with van der Waals surface area (Å²) in [6, 6.07) is 0.0165. The van der Waals surface area contributed by atoms with Crippen LogP contribution in [0.1, 0.15) is 40.6 Å². The second-order valence-corrected chi connectivity index (χ2v) is 5.88. The van der Waals surface area contributed by atoms with Gasteiger partial charge in [0.05, 0.1) is 29.9 Å². The zero-order chi connectivity index (χ0) is 15.0. The van der Waals surface area contributed by atoms with Gasteiger partial charge >= 0.3 is 0 Å². The topological polar surface area (TPSA) is 60.2 Å². The van der Waals surface area contributed by atoms with Crippen LogP contribution in [0.4, 0.5) is 0 Å². The van der Waals surface area contributed by atoms with Crippen LogP contribution >= 0.6 is 11.3 Å². The van der Waals surface area contributed by atoms with Gasteiger partial charge < -0.3 is 9.64 Å². The molecule has 6 nitrogen and oxygen atoms in total. The van der Waals surface area contributed by atoms with Gasteiger partial charge in [0.2, 0.25) is 5.88 Å². The van der Waals surface area contributed by atoms with Crippen molar-refractivity contribution in [1.82, 2.24) is 19.7 Å². The first kappa shape index (κ1) is 14.1. The molecule has 1 atom stereocenters. The van der Waals surface area contributed by atoms with Gasteiger partial charge in [0.15, 0.2) is 0 Å². The Bertz CT molecular complexity index is 650. The van der Waals surface area contributed by atoms with Gasteiger partial charge in [-0.2, -0.15) is 5.10 Å².